The molecule has 106 valence electrons. The Morgan fingerprint density at radius 1 is 1.40 bits per heavy atom. The summed E-state index contributed by atoms with van der Waals surface area (Å²) in [5.74, 6) is 0.861. The Morgan fingerprint density at radius 3 is 2.55 bits per heavy atom. The SMILES string of the molecule is Cc1cc(-c2nn(C)c(N)c2C(C)C)ccc1[N+](=O)[O-]. The van der Waals surface area contributed by atoms with E-state index in [4.69, 9.17) is 5.73 Å². The van der Waals surface area contributed by atoms with Gasteiger partial charge in [0.2, 0.25) is 0 Å². The molecule has 0 radical (unpaired) electrons. The van der Waals surface area contributed by atoms with E-state index in [1.54, 1.807) is 30.8 Å². The lowest BCUT2D eigenvalue weighted by atomic mass is 9.97. The number of hydrogen-bond acceptors (Lipinski definition) is 4. The molecule has 0 spiro atoms. The molecule has 6 heteroatoms. The first kappa shape index (κ1) is 14.0. The summed E-state index contributed by atoms with van der Waals surface area (Å²) in [6.45, 7) is 5.83. The van der Waals surface area contributed by atoms with E-state index in [2.05, 4.69) is 18.9 Å². The Balaban J connectivity index is 2.61. The van der Waals surface area contributed by atoms with Crippen LogP contribution in [0.3, 0.4) is 0 Å². The van der Waals surface area contributed by atoms with Gasteiger partial charge in [0.25, 0.3) is 5.69 Å². The third kappa shape index (κ3) is 2.24. The summed E-state index contributed by atoms with van der Waals surface area (Å²) in [5.41, 5.74) is 9.40. The second-order valence-corrected chi connectivity index (χ2v) is 5.18. The maximum atomic E-state index is 10.9. The molecule has 2 aromatic rings. The highest BCUT2D eigenvalue weighted by molar-refractivity contribution is 5.71. The number of nitrogens with zero attached hydrogens (tertiary/aromatic N) is 3. The third-order valence-electron chi connectivity index (χ3n) is 3.37. The molecular formula is C14H18N4O2. The number of nitrogens with two attached hydrogens (primary N) is 1. The fourth-order valence-corrected chi connectivity index (χ4v) is 2.34. The van der Waals surface area contributed by atoms with Crippen LogP contribution in [0.15, 0.2) is 18.2 Å². The van der Waals surface area contributed by atoms with Crippen LogP contribution in [-0.2, 0) is 7.05 Å². The standard InChI is InChI=1S/C14H18N4O2/c1-8(2)12-13(16-17(4)14(12)15)10-5-6-11(18(19)20)9(3)7-10/h5-8H,15H2,1-4H3. The molecule has 20 heavy (non-hydrogen) atoms. The maximum absolute atomic E-state index is 10.9. The molecule has 1 aromatic heterocycles. The molecule has 0 aliphatic heterocycles. The molecule has 6 nitrogen and oxygen atoms in total. The smallest absolute Gasteiger partial charge is 0.272 e. The highest BCUT2D eigenvalue weighted by atomic mass is 16.6. The Bertz CT molecular complexity index is 674. The number of nitrogen functional groups attached to an aromatic ring is 1. The zero-order chi connectivity index (χ0) is 15.0. The molecule has 2 rings (SSSR count). The topological polar surface area (TPSA) is 87.0 Å². The molecule has 1 aromatic carbocycles. The summed E-state index contributed by atoms with van der Waals surface area (Å²) in [6.07, 6.45) is 0. The molecule has 0 bridgehead atoms. The minimum atomic E-state index is -0.380. The van der Waals surface area contributed by atoms with E-state index in [1.807, 2.05) is 0 Å². The third-order valence-corrected chi connectivity index (χ3v) is 3.37. The number of anilines is 1. The molecule has 0 atom stereocenters. The first-order valence-electron chi connectivity index (χ1n) is 6.40. The van der Waals surface area contributed by atoms with Crippen molar-refractivity contribution in [2.45, 2.75) is 26.7 Å². The molecule has 0 aliphatic rings. The largest absolute Gasteiger partial charge is 0.384 e. The number of aryl methyl sites for hydroxylation is 2. The van der Waals surface area contributed by atoms with Crippen LogP contribution in [0.5, 0.6) is 0 Å². The van der Waals surface area contributed by atoms with E-state index in [1.165, 1.54) is 6.07 Å². The summed E-state index contributed by atoms with van der Waals surface area (Å²) in [4.78, 5) is 10.5. The normalized spacial score (nSPS) is 11.1. The van der Waals surface area contributed by atoms with Crippen molar-refractivity contribution < 1.29 is 4.92 Å². The van der Waals surface area contributed by atoms with E-state index in [0.717, 1.165) is 16.8 Å². The molecule has 1 heterocycles. The van der Waals surface area contributed by atoms with Crippen LogP contribution < -0.4 is 5.73 Å². The van der Waals surface area contributed by atoms with Crippen molar-refractivity contribution in [2.24, 2.45) is 7.05 Å². The molecular weight excluding hydrogens is 256 g/mol. The fraction of sp³-hybridized carbons (Fsp3) is 0.357. The summed E-state index contributed by atoms with van der Waals surface area (Å²) < 4.78 is 1.64. The van der Waals surface area contributed by atoms with Crippen LogP contribution in [-0.4, -0.2) is 14.7 Å². The van der Waals surface area contributed by atoms with Gasteiger partial charge in [0.1, 0.15) is 5.82 Å². The van der Waals surface area contributed by atoms with Gasteiger partial charge in [0.15, 0.2) is 0 Å². The van der Waals surface area contributed by atoms with Gasteiger partial charge >= 0.3 is 0 Å². The van der Waals surface area contributed by atoms with Crippen LogP contribution in [0.4, 0.5) is 11.5 Å². The van der Waals surface area contributed by atoms with E-state index in [-0.39, 0.29) is 16.5 Å². The van der Waals surface area contributed by atoms with Gasteiger partial charge in [0, 0.05) is 29.8 Å². The van der Waals surface area contributed by atoms with Gasteiger partial charge in [-0.15, -0.1) is 0 Å². The van der Waals surface area contributed by atoms with Gasteiger partial charge in [-0.3, -0.25) is 14.8 Å². The van der Waals surface area contributed by atoms with Gasteiger partial charge in [-0.05, 0) is 25.0 Å². The minimum absolute atomic E-state index is 0.115. The van der Waals surface area contributed by atoms with Crippen LogP contribution in [0.2, 0.25) is 0 Å². The zero-order valence-corrected chi connectivity index (χ0v) is 12.0. The second-order valence-electron chi connectivity index (χ2n) is 5.18. The predicted molar refractivity (Wildman–Crippen MR) is 78.5 cm³/mol. The van der Waals surface area contributed by atoms with Crippen molar-refractivity contribution in [2.75, 3.05) is 5.73 Å². The molecule has 0 fully saturated rings. The van der Waals surface area contributed by atoms with Crippen LogP contribution in [0.25, 0.3) is 11.3 Å². The quantitative estimate of drug-likeness (QED) is 0.688. The number of benzene rings is 1. The average Bonchev–Trinajstić information content (AvgIpc) is 2.65. The molecule has 0 saturated heterocycles. The fourth-order valence-electron chi connectivity index (χ4n) is 2.34. The monoisotopic (exact) mass is 274 g/mol. The van der Waals surface area contributed by atoms with Crippen molar-refractivity contribution >= 4 is 11.5 Å². The van der Waals surface area contributed by atoms with Crippen molar-refractivity contribution in [1.82, 2.24) is 9.78 Å². The molecule has 0 unspecified atom stereocenters. The predicted octanol–water partition coefficient (Wildman–Crippen LogP) is 3.01. The Kier molecular flexibility index (Phi) is 3.48. The van der Waals surface area contributed by atoms with Crippen molar-refractivity contribution in [3.05, 3.63) is 39.4 Å². The average molecular weight is 274 g/mol. The van der Waals surface area contributed by atoms with Gasteiger partial charge in [-0.1, -0.05) is 13.8 Å². The lowest BCUT2D eigenvalue weighted by Crippen LogP contribution is -2.00. The van der Waals surface area contributed by atoms with Crippen LogP contribution in [0, 0.1) is 17.0 Å². The van der Waals surface area contributed by atoms with Crippen molar-refractivity contribution in [3.8, 4) is 11.3 Å². The number of nitro benzene ring substituents is 1. The number of hydrogen-bond donors (Lipinski definition) is 1. The Hall–Kier alpha value is -2.37. The van der Waals surface area contributed by atoms with E-state index in [9.17, 15) is 10.1 Å². The molecule has 2 N–H and O–H groups in total. The number of rotatable bonds is 3. The minimum Gasteiger partial charge on any atom is -0.384 e. The van der Waals surface area contributed by atoms with Gasteiger partial charge < -0.3 is 5.73 Å². The lowest BCUT2D eigenvalue weighted by Gasteiger charge is -2.08. The van der Waals surface area contributed by atoms with E-state index in [0.29, 0.717) is 11.4 Å². The highest BCUT2D eigenvalue weighted by Gasteiger charge is 2.20. The maximum Gasteiger partial charge on any atom is 0.272 e. The van der Waals surface area contributed by atoms with Gasteiger partial charge in [-0.2, -0.15) is 5.10 Å². The lowest BCUT2D eigenvalue weighted by molar-refractivity contribution is -0.385. The molecule has 0 saturated carbocycles. The zero-order valence-electron chi connectivity index (χ0n) is 12.0. The van der Waals surface area contributed by atoms with E-state index >= 15 is 0 Å². The van der Waals surface area contributed by atoms with Crippen molar-refractivity contribution in [1.29, 1.82) is 0 Å². The van der Waals surface area contributed by atoms with Gasteiger partial charge in [0.05, 0.1) is 10.6 Å². The Labute approximate surface area is 117 Å². The number of aromatic nitrogens is 2. The highest BCUT2D eigenvalue weighted by Crippen LogP contribution is 2.34. The summed E-state index contributed by atoms with van der Waals surface area (Å²) >= 11 is 0. The number of nitro groups is 1. The van der Waals surface area contributed by atoms with Gasteiger partial charge in [-0.25, -0.2) is 0 Å². The van der Waals surface area contributed by atoms with Crippen molar-refractivity contribution in [3.63, 3.8) is 0 Å². The molecule has 0 aliphatic carbocycles. The first-order valence-corrected chi connectivity index (χ1v) is 6.40. The summed E-state index contributed by atoms with van der Waals surface area (Å²) in [7, 11) is 1.79. The van der Waals surface area contributed by atoms with E-state index < -0.39 is 0 Å². The molecule has 0 amide bonds. The van der Waals surface area contributed by atoms with Crippen LogP contribution in [0.1, 0.15) is 30.9 Å². The summed E-state index contributed by atoms with van der Waals surface area (Å²) in [5, 5.41) is 15.3. The van der Waals surface area contributed by atoms with Crippen LogP contribution >= 0.6 is 0 Å². The second kappa shape index (κ2) is 4.96. The Morgan fingerprint density at radius 2 is 2.05 bits per heavy atom. The first-order chi connectivity index (χ1) is 9.32. The summed E-state index contributed by atoms with van der Waals surface area (Å²) in [6, 6.07) is 5.02.